The molecule has 0 amide bonds. The van der Waals surface area contributed by atoms with Crippen molar-refractivity contribution < 1.29 is 19.7 Å². The number of nitrogens with zero attached hydrogens (tertiary/aromatic N) is 3. The molecule has 3 aromatic rings. The Kier molecular flexibility index (Phi) is 5.25. The molecule has 2 N–H and O–H groups in total. The summed E-state index contributed by atoms with van der Waals surface area (Å²) < 4.78 is 7.22. The van der Waals surface area contributed by atoms with Crippen molar-refractivity contribution in [1.82, 2.24) is 14.3 Å². The number of rotatable bonds is 6. The van der Waals surface area contributed by atoms with Crippen LogP contribution in [0, 0.1) is 5.41 Å². The van der Waals surface area contributed by atoms with Crippen molar-refractivity contribution in [2.45, 2.75) is 25.5 Å². The number of pyridine rings is 1. The minimum absolute atomic E-state index is 0.238. The molecule has 0 bridgehead atoms. The Bertz CT molecular complexity index is 985. The highest BCUT2D eigenvalue weighted by Crippen LogP contribution is 2.36. The molecule has 4 rings (SSSR count). The van der Waals surface area contributed by atoms with Gasteiger partial charge in [-0.05, 0) is 42.7 Å². The summed E-state index contributed by atoms with van der Waals surface area (Å²) in [6.45, 7) is 1.43. The quantitative estimate of drug-likeness (QED) is 0.666. The molecule has 1 aliphatic rings. The van der Waals surface area contributed by atoms with Crippen LogP contribution in [0.15, 0.2) is 54.9 Å². The topological polar surface area (TPSA) is 87.3 Å². The lowest BCUT2D eigenvalue weighted by atomic mass is 9.73. The van der Waals surface area contributed by atoms with E-state index in [0.717, 1.165) is 16.9 Å². The van der Waals surface area contributed by atoms with Gasteiger partial charge in [0, 0.05) is 32.0 Å². The number of aromatic nitrogens is 2. The van der Waals surface area contributed by atoms with Gasteiger partial charge < -0.3 is 19.4 Å². The minimum atomic E-state index is -1.27. The molecule has 2 atom stereocenters. The van der Waals surface area contributed by atoms with Crippen molar-refractivity contribution >= 4 is 11.6 Å². The van der Waals surface area contributed by atoms with Gasteiger partial charge in [-0.1, -0.05) is 18.2 Å². The van der Waals surface area contributed by atoms with E-state index in [1.807, 2.05) is 59.3 Å². The van der Waals surface area contributed by atoms with Crippen LogP contribution in [0.25, 0.3) is 5.65 Å². The van der Waals surface area contributed by atoms with Crippen molar-refractivity contribution in [1.29, 1.82) is 0 Å². The molecule has 0 aliphatic carbocycles. The number of likely N-dealkylation sites (tertiary alicyclic amines) is 1. The number of aliphatic hydroxyl groups is 1. The molecule has 0 radical (unpaired) electrons. The summed E-state index contributed by atoms with van der Waals surface area (Å²) in [5.74, 6) is -0.303. The van der Waals surface area contributed by atoms with Gasteiger partial charge in [-0.15, -0.1) is 0 Å². The molecule has 152 valence electrons. The minimum Gasteiger partial charge on any atom is -0.497 e. The zero-order valence-corrected chi connectivity index (χ0v) is 16.4. The maximum Gasteiger partial charge on any atom is 0.313 e. The smallest absolute Gasteiger partial charge is 0.313 e. The third-order valence-corrected chi connectivity index (χ3v) is 5.74. The number of aliphatic carboxylic acids is 1. The highest BCUT2D eigenvalue weighted by Gasteiger charge is 2.49. The fourth-order valence-corrected chi connectivity index (χ4v) is 4.20. The molecule has 29 heavy (non-hydrogen) atoms. The van der Waals surface area contributed by atoms with Crippen molar-refractivity contribution in [3.63, 3.8) is 0 Å². The lowest BCUT2D eigenvalue weighted by Gasteiger charge is -2.43. The molecule has 3 heterocycles. The van der Waals surface area contributed by atoms with Crippen LogP contribution in [0.4, 0.5) is 0 Å². The SMILES string of the molecule is COc1cccc(C[C@@]2(C(=O)O)CN(Cc3cn4ccccc4n3)CC[C@H]2O)c1. The maximum atomic E-state index is 12.3. The molecule has 0 spiro atoms. The molecule has 1 aliphatic heterocycles. The fraction of sp³-hybridized carbons (Fsp3) is 0.364. The molecule has 7 nitrogen and oxygen atoms in total. The summed E-state index contributed by atoms with van der Waals surface area (Å²) in [5.41, 5.74) is 1.30. The normalized spacial score (nSPS) is 22.6. The van der Waals surface area contributed by atoms with Crippen LogP contribution < -0.4 is 4.74 Å². The zero-order valence-electron chi connectivity index (χ0n) is 16.4. The number of ether oxygens (including phenoxy) is 1. The van der Waals surface area contributed by atoms with Crippen molar-refractivity contribution in [2.75, 3.05) is 20.2 Å². The number of carbonyl (C=O) groups is 1. The Morgan fingerprint density at radius 3 is 2.93 bits per heavy atom. The summed E-state index contributed by atoms with van der Waals surface area (Å²) in [6, 6.07) is 13.2. The Labute approximate surface area is 169 Å². The van der Waals surface area contributed by atoms with E-state index in [1.165, 1.54) is 0 Å². The molecule has 1 fully saturated rings. The molecule has 2 aromatic heterocycles. The first-order chi connectivity index (χ1) is 14.0. The Hall–Kier alpha value is -2.90. The first-order valence-electron chi connectivity index (χ1n) is 9.69. The fourth-order valence-electron chi connectivity index (χ4n) is 4.20. The number of hydrogen-bond donors (Lipinski definition) is 2. The van der Waals surface area contributed by atoms with Crippen LogP contribution in [0.5, 0.6) is 5.75 Å². The summed E-state index contributed by atoms with van der Waals surface area (Å²) >= 11 is 0. The van der Waals surface area contributed by atoms with Crippen LogP contribution in [0.1, 0.15) is 17.7 Å². The van der Waals surface area contributed by atoms with Gasteiger partial charge in [0.1, 0.15) is 16.8 Å². The second-order valence-corrected chi connectivity index (χ2v) is 7.70. The summed E-state index contributed by atoms with van der Waals surface area (Å²) in [7, 11) is 1.58. The number of hydrogen-bond acceptors (Lipinski definition) is 5. The van der Waals surface area contributed by atoms with Crippen molar-refractivity contribution in [3.8, 4) is 5.75 Å². The second kappa shape index (κ2) is 7.85. The first-order valence-corrected chi connectivity index (χ1v) is 9.69. The van der Waals surface area contributed by atoms with Crippen LogP contribution in [-0.4, -0.2) is 56.8 Å². The third-order valence-electron chi connectivity index (χ3n) is 5.74. The lowest BCUT2D eigenvalue weighted by Crippen LogP contribution is -2.56. The number of benzene rings is 1. The molecule has 1 saturated heterocycles. The van der Waals surface area contributed by atoms with Crippen LogP contribution in [0.2, 0.25) is 0 Å². The van der Waals surface area contributed by atoms with E-state index in [2.05, 4.69) is 9.88 Å². The maximum absolute atomic E-state index is 12.3. The van der Waals surface area contributed by atoms with Gasteiger partial charge in [-0.25, -0.2) is 4.98 Å². The predicted octanol–water partition coefficient (Wildman–Crippen LogP) is 2.22. The standard InChI is InChI=1S/C22H25N3O4/c1-29-18-6-4-5-16(11-18)12-22(21(27)28)15-24(10-8-19(22)26)13-17-14-25-9-3-2-7-20(25)23-17/h2-7,9,11,14,19,26H,8,10,12-13,15H2,1H3,(H,27,28)/t19-,22-/m1/s1. The molecule has 1 aromatic carbocycles. The van der Waals surface area contributed by atoms with Gasteiger partial charge in [0.2, 0.25) is 0 Å². The van der Waals surface area contributed by atoms with Crippen molar-refractivity contribution in [2.24, 2.45) is 5.41 Å². The van der Waals surface area contributed by atoms with Crippen LogP contribution in [0.3, 0.4) is 0 Å². The van der Waals surface area contributed by atoms with Gasteiger partial charge in [0.25, 0.3) is 0 Å². The number of piperidine rings is 1. The lowest BCUT2D eigenvalue weighted by molar-refractivity contribution is -0.163. The van der Waals surface area contributed by atoms with E-state index in [-0.39, 0.29) is 13.0 Å². The van der Waals surface area contributed by atoms with Gasteiger partial charge in [0.15, 0.2) is 0 Å². The number of fused-ring (bicyclic) bond motifs is 1. The zero-order chi connectivity index (χ0) is 20.4. The predicted molar refractivity (Wildman–Crippen MR) is 108 cm³/mol. The van der Waals surface area contributed by atoms with Gasteiger partial charge >= 0.3 is 5.97 Å². The number of carboxylic acids is 1. The van der Waals surface area contributed by atoms with Gasteiger partial charge in [-0.2, -0.15) is 0 Å². The number of carboxylic acid groups (broad SMARTS) is 1. The monoisotopic (exact) mass is 395 g/mol. The molecule has 0 unspecified atom stereocenters. The Balaban J connectivity index is 1.58. The summed E-state index contributed by atoms with van der Waals surface area (Å²) in [4.78, 5) is 19.0. The van der Waals surface area contributed by atoms with Crippen molar-refractivity contribution in [3.05, 3.63) is 66.1 Å². The second-order valence-electron chi connectivity index (χ2n) is 7.70. The largest absolute Gasteiger partial charge is 0.497 e. The molecule has 7 heteroatoms. The van der Waals surface area contributed by atoms with Crippen LogP contribution in [-0.2, 0) is 17.8 Å². The molecular weight excluding hydrogens is 370 g/mol. The molecular formula is C22H25N3O4. The third kappa shape index (κ3) is 3.83. The summed E-state index contributed by atoms with van der Waals surface area (Å²) in [6.07, 6.45) is 3.64. The van der Waals surface area contributed by atoms with E-state index in [4.69, 9.17) is 4.74 Å². The average molecular weight is 395 g/mol. The van der Waals surface area contributed by atoms with E-state index in [1.54, 1.807) is 7.11 Å². The highest BCUT2D eigenvalue weighted by atomic mass is 16.5. The van der Waals surface area contributed by atoms with Gasteiger partial charge in [-0.3, -0.25) is 9.69 Å². The van der Waals surface area contributed by atoms with Gasteiger partial charge in [0.05, 0.1) is 18.9 Å². The average Bonchev–Trinajstić information content (AvgIpc) is 3.12. The van der Waals surface area contributed by atoms with E-state index >= 15 is 0 Å². The highest BCUT2D eigenvalue weighted by molar-refractivity contribution is 5.76. The number of aliphatic hydroxyl groups excluding tert-OH is 1. The van der Waals surface area contributed by atoms with E-state index < -0.39 is 17.5 Å². The molecule has 0 saturated carbocycles. The van der Waals surface area contributed by atoms with E-state index in [9.17, 15) is 15.0 Å². The Morgan fingerprint density at radius 1 is 1.31 bits per heavy atom. The number of imidazole rings is 1. The van der Waals surface area contributed by atoms with E-state index in [0.29, 0.717) is 25.3 Å². The Morgan fingerprint density at radius 2 is 2.17 bits per heavy atom. The first kappa shape index (κ1) is 19.4. The summed E-state index contributed by atoms with van der Waals surface area (Å²) in [5, 5.41) is 20.8. The number of methoxy groups -OCH3 is 1. The van der Waals surface area contributed by atoms with Crippen LogP contribution >= 0.6 is 0 Å².